The van der Waals surface area contributed by atoms with Crippen LogP contribution in [-0.4, -0.2) is 18.4 Å². The van der Waals surface area contributed by atoms with Crippen molar-refractivity contribution in [3.63, 3.8) is 0 Å². The highest BCUT2D eigenvalue weighted by atomic mass is 32.3. The molecule has 3 rings (SSSR count). The minimum Gasteiger partial charge on any atom is -0.399 e. The Morgan fingerprint density at radius 1 is 1.05 bits per heavy atom. The zero-order valence-corrected chi connectivity index (χ0v) is 11.9. The molecule has 0 unspecified atom stereocenters. The van der Waals surface area contributed by atoms with Crippen molar-refractivity contribution in [3.05, 3.63) is 48.7 Å². The van der Waals surface area contributed by atoms with E-state index in [1.807, 2.05) is 0 Å². The zero-order chi connectivity index (χ0) is 15.7. The lowest BCUT2D eigenvalue weighted by molar-refractivity contribution is 0.440. The van der Waals surface area contributed by atoms with Crippen molar-refractivity contribution in [2.75, 3.05) is 5.73 Å². The van der Waals surface area contributed by atoms with E-state index in [0.717, 1.165) is 0 Å². The molecule has 6 nitrogen and oxygen atoms in total. The van der Waals surface area contributed by atoms with Gasteiger partial charge in [0.1, 0.15) is 5.75 Å². The number of hydrogen-bond acceptors (Lipinski definition) is 6. The van der Waals surface area contributed by atoms with Gasteiger partial charge < -0.3 is 9.92 Å². The zero-order valence-electron chi connectivity index (χ0n) is 11.1. The molecule has 0 amide bonds. The molecule has 112 valence electrons. The van der Waals surface area contributed by atoms with Crippen molar-refractivity contribution in [3.8, 4) is 17.0 Å². The van der Waals surface area contributed by atoms with Crippen LogP contribution in [0.3, 0.4) is 0 Å². The third kappa shape index (κ3) is 3.12. The normalized spacial score (nSPS) is 11.5. The number of halogens is 1. The second-order valence-corrected chi connectivity index (χ2v) is 5.46. The van der Waals surface area contributed by atoms with E-state index in [1.54, 1.807) is 36.5 Å². The smallest absolute Gasteiger partial charge is 0.399 e. The van der Waals surface area contributed by atoms with Crippen LogP contribution in [0.5, 0.6) is 5.75 Å². The molecule has 0 atom stereocenters. The average Bonchev–Trinajstić information content (AvgIpc) is 2.46. The number of aromatic nitrogens is 2. The van der Waals surface area contributed by atoms with Crippen molar-refractivity contribution in [1.29, 1.82) is 0 Å². The highest BCUT2D eigenvalue weighted by Crippen LogP contribution is 2.23. The Labute approximate surface area is 125 Å². The van der Waals surface area contributed by atoms with E-state index >= 15 is 0 Å². The number of fused-ring (bicyclic) bond motifs is 1. The summed E-state index contributed by atoms with van der Waals surface area (Å²) in [7, 11) is -5.03. The van der Waals surface area contributed by atoms with Crippen LogP contribution >= 0.6 is 0 Å². The lowest BCUT2D eigenvalue weighted by Gasteiger charge is -2.04. The van der Waals surface area contributed by atoms with E-state index < -0.39 is 10.5 Å². The van der Waals surface area contributed by atoms with Crippen molar-refractivity contribution in [1.82, 2.24) is 9.97 Å². The monoisotopic (exact) mass is 319 g/mol. The van der Waals surface area contributed by atoms with Gasteiger partial charge in [-0.15, -0.1) is 0 Å². The molecule has 0 fully saturated rings. The summed E-state index contributed by atoms with van der Waals surface area (Å²) >= 11 is 0. The molecule has 8 heteroatoms. The van der Waals surface area contributed by atoms with E-state index in [4.69, 9.17) is 5.73 Å². The Morgan fingerprint density at radius 3 is 2.45 bits per heavy atom. The van der Waals surface area contributed by atoms with Gasteiger partial charge in [-0.05, 0) is 42.5 Å². The van der Waals surface area contributed by atoms with Gasteiger partial charge in [0.15, 0.2) is 0 Å². The average molecular weight is 319 g/mol. The molecule has 2 N–H and O–H groups in total. The molecule has 0 saturated carbocycles. The third-order valence-corrected chi connectivity index (χ3v) is 3.30. The first-order valence-electron chi connectivity index (χ1n) is 6.17. The Balaban J connectivity index is 1.95. The molecule has 0 radical (unpaired) electrons. The maximum Gasteiger partial charge on any atom is 0.488 e. The fraction of sp³-hybridized carbons (Fsp3) is 0. The molecule has 0 aliphatic carbocycles. The molecule has 0 saturated heterocycles. The van der Waals surface area contributed by atoms with Gasteiger partial charge >= 0.3 is 10.5 Å². The molecule has 0 aliphatic heterocycles. The molecular formula is C14H10FN3O3S. The number of rotatable bonds is 3. The highest BCUT2D eigenvalue weighted by molar-refractivity contribution is 7.81. The Hall–Kier alpha value is -2.74. The molecule has 3 aromatic rings. The topological polar surface area (TPSA) is 95.2 Å². The van der Waals surface area contributed by atoms with E-state index in [9.17, 15) is 12.3 Å². The SMILES string of the molecule is Nc1ccc2nc(-c3ccc(OS(=O)(=O)F)cc3)cnc2c1. The lowest BCUT2D eigenvalue weighted by Crippen LogP contribution is -2.00. The molecule has 0 bridgehead atoms. The predicted molar refractivity (Wildman–Crippen MR) is 80.0 cm³/mol. The Kier molecular flexibility index (Phi) is 3.38. The largest absolute Gasteiger partial charge is 0.488 e. The van der Waals surface area contributed by atoms with E-state index in [0.29, 0.717) is 28.0 Å². The number of hydrogen-bond donors (Lipinski definition) is 1. The molecular weight excluding hydrogens is 309 g/mol. The quantitative estimate of drug-likeness (QED) is 0.588. The second-order valence-electron chi connectivity index (χ2n) is 4.50. The molecule has 1 aromatic heterocycles. The van der Waals surface area contributed by atoms with E-state index in [2.05, 4.69) is 14.2 Å². The first-order chi connectivity index (χ1) is 10.4. The molecule has 2 aromatic carbocycles. The summed E-state index contributed by atoms with van der Waals surface area (Å²) in [6.07, 6.45) is 1.57. The second kappa shape index (κ2) is 5.23. The summed E-state index contributed by atoms with van der Waals surface area (Å²) < 4.78 is 37.4. The van der Waals surface area contributed by atoms with Gasteiger partial charge in [-0.1, -0.05) is 3.89 Å². The number of nitrogens with two attached hydrogens (primary N) is 1. The minimum atomic E-state index is -5.03. The number of nitrogen functional groups attached to an aromatic ring is 1. The molecule has 22 heavy (non-hydrogen) atoms. The fourth-order valence-electron chi connectivity index (χ4n) is 1.96. The van der Waals surface area contributed by atoms with Crippen LogP contribution in [0.15, 0.2) is 48.7 Å². The standard InChI is InChI=1S/C14H10FN3O3S/c15-22(19,20)21-11-4-1-9(2-5-11)14-8-17-13-7-10(16)3-6-12(13)18-14/h1-8H,16H2. The van der Waals surface area contributed by atoms with Gasteiger partial charge in [0.2, 0.25) is 0 Å². The highest BCUT2D eigenvalue weighted by Gasteiger charge is 2.10. The lowest BCUT2D eigenvalue weighted by atomic mass is 10.1. The minimum absolute atomic E-state index is 0.118. The van der Waals surface area contributed by atoms with Gasteiger partial charge in [0.25, 0.3) is 0 Å². The van der Waals surface area contributed by atoms with Crippen molar-refractivity contribution >= 4 is 27.2 Å². The summed E-state index contributed by atoms with van der Waals surface area (Å²) in [4.78, 5) is 8.71. The van der Waals surface area contributed by atoms with Crippen LogP contribution < -0.4 is 9.92 Å². The number of benzene rings is 2. The van der Waals surface area contributed by atoms with Crippen LogP contribution in [0.2, 0.25) is 0 Å². The molecule has 1 heterocycles. The molecule has 0 spiro atoms. The van der Waals surface area contributed by atoms with E-state index in [1.165, 1.54) is 12.1 Å². The number of anilines is 1. The maximum atomic E-state index is 12.4. The summed E-state index contributed by atoms with van der Waals surface area (Å²) in [5.74, 6) is -0.118. The predicted octanol–water partition coefficient (Wildman–Crippen LogP) is 2.47. The van der Waals surface area contributed by atoms with Crippen molar-refractivity contribution in [2.45, 2.75) is 0 Å². The van der Waals surface area contributed by atoms with Gasteiger partial charge in [-0.2, -0.15) is 8.42 Å². The Morgan fingerprint density at radius 2 is 1.77 bits per heavy atom. The first kappa shape index (κ1) is 14.2. The fourth-order valence-corrected chi connectivity index (χ4v) is 2.30. The van der Waals surface area contributed by atoms with Crippen LogP contribution in [0.1, 0.15) is 0 Å². The van der Waals surface area contributed by atoms with Crippen LogP contribution in [-0.2, 0) is 10.5 Å². The van der Waals surface area contributed by atoms with E-state index in [-0.39, 0.29) is 5.75 Å². The summed E-state index contributed by atoms with van der Waals surface area (Å²) in [6, 6.07) is 11.0. The maximum absolute atomic E-state index is 12.4. The Bertz CT molecular complexity index is 943. The van der Waals surface area contributed by atoms with Crippen molar-refractivity contribution in [2.24, 2.45) is 0 Å². The summed E-state index contributed by atoms with van der Waals surface area (Å²) in [6.45, 7) is 0. The third-order valence-electron chi connectivity index (χ3n) is 2.91. The number of nitrogens with zero attached hydrogens (tertiary/aromatic N) is 2. The van der Waals surface area contributed by atoms with Crippen LogP contribution in [0, 0.1) is 0 Å². The van der Waals surface area contributed by atoms with Gasteiger partial charge in [-0.3, -0.25) is 4.98 Å². The van der Waals surface area contributed by atoms with Gasteiger partial charge in [-0.25, -0.2) is 4.98 Å². The van der Waals surface area contributed by atoms with Crippen LogP contribution in [0.4, 0.5) is 9.57 Å². The first-order valence-corrected chi connectivity index (χ1v) is 7.48. The van der Waals surface area contributed by atoms with Crippen LogP contribution in [0.25, 0.3) is 22.3 Å². The van der Waals surface area contributed by atoms with Gasteiger partial charge in [0.05, 0.1) is 22.9 Å². The summed E-state index contributed by atoms with van der Waals surface area (Å²) in [5.41, 5.74) is 8.91. The molecule has 0 aliphatic rings. The van der Waals surface area contributed by atoms with Gasteiger partial charge in [0, 0.05) is 11.3 Å². The van der Waals surface area contributed by atoms with Crippen molar-refractivity contribution < 1.29 is 16.5 Å². The summed E-state index contributed by atoms with van der Waals surface area (Å²) in [5, 5.41) is 0.